The van der Waals surface area contributed by atoms with Crippen LogP contribution in [-0.2, 0) is 19.4 Å². The summed E-state index contributed by atoms with van der Waals surface area (Å²) in [7, 11) is -4.16. The van der Waals surface area contributed by atoms with Gasteiger partial charge in [0.05, 0.1) is 4.90 Å². The van der Waals surface area contributed by atoms with Crippen molar-refractivity contribution in [2.45, 2.75) is 23.0 Å². The Hall–Kier alpha value is -2.67. The topological polar surface area (TPSA) is 109 Å². The third kappa shape index (κ3) is 3.99. The van der Waals surface area contributed by atoms with Gasteiger partial charge >= 0.3 is 11.9 Å². The third-order valence-corrected chi connectivity index (χ3v) is 5.68. The Morgan fingerprint density at radius 3 is 1.92 bits per heavy atom. The number of aliphatic carboxylic acids is 2. The van der Waals surface area contributed by atoms with Crippen LogP contribution in [-0.4, -0.2) is 35.8 Å². The Bertz CT molecular complexity index is 825. The van der Waals surface area contributed by atoms with E-state index >= 15 is 0 Å². The van der Waals surface area contributed by atoms with Crippen LogP contribution in [0.5, 0.6) is 0 Å². The van der Waals surface area contributed by atoms with Gasteiger partial charge in [0.1, 0.15) is 0 Å². The normalized spacial score (nSPS) is 12.5. The second-order valence-electron chi connectivity index (χ2n) is 5.19. The van der Waals surface area contributed by atoms with Crippen molar-refractivity contribution in [1.29, 1.82) is 0 Å². The molecular formula is C17H16O6S. The van der Waals surface area contributed by atoms with E-state index < -0.39 is 39.9 Å². The van der Waals surface area contributed by atoms with Gasteiger partial charge < -0.3 is 10.2 Å². The molecule has 2 N–H and O–H groups in total. The van der Waals surface area contributed by atoms with Crippen LogP contribution < -0.4 is 0 Å². The first-order valence-electron chi connectivity index (χ1n) is 7.16. The van der Waals surface area contributed by atoms with Crippen LogP contribution in [0.25, 0.3) is 11.1 Å². The van der Waals surface area contributed by atoms with E-state index in [4.69, 9.17) is 10.2 Å². The Morgan fingerprint density at radius 2 is 1.42 bits per heavy atom. The van der Waals surface area contributed by atoms with Crippen molar-refractivity contribution in [3.05, 3.63) is 54.6 Å². The predicted octanol–water partition coefficient (Wildman–Crippen LogP) is 2.45. The lowest BCUT2D eigenvalue weighted by Crippen LogP contribution is -2.31. The second-order valence-corrected chi connectivity index (χ2v) is 7.33. The lowest BCUT2D eigenvalue weighted by Gasteiger charge is -2.13. The molecule has 0 saturated heterocycles. The molecule has 0 aromatic heterocycles. The summed E-state index contributed by atoms with van der Waals surface area (Å²) in [5, 5.41) is 16.0. The Morgan fingerprint density at radius 1 is 0.875 bits per heavy atom. The Balaban J connectivity index is 2.31. The van der Waals surface area contributed by atoms with Gasteiger partial charge in [0.25, 0.3) is 0 Å². The molecule has 2 rings (SSSR count). The molecular weight excluding hydrogens is 332 g/mol. The molecule has 0 fully saturated rings. The first kappa shape index (κ1) is 17.7. The van der Waals surface area contributed by atoms with Gasteiger partial charge in [0.2, 0.25) is 0 Å². The first-order valence-corrected chi connectivity index (χ1v) is 8.71. The number of carboxylic acids is 2. The number of rotatable bonds is 7. The number of hydrogen-bond donors (Lipinski definition) is 2. The van der Waals surface area contributed by atoms with Gasteiger partial charge in [-0.3, -0.25) is 9.59 Å². The van der Waals surface area contributed by atoms with Crippen molar-refractivity contribution < 1.29 is 28.2 Å². The zero-order valence-corrected chi connectivity index (χ0v) is 13.4. The molecule has 24 heavy (non-hydrogen) atoms. The minimum atomic E-state index is -4.16. The number of carbonyl (C=O) groups is 2. The van der Waals surface area contributed by atoms with Crippen molar-refractivity contribution in [2.24, 2.45) is 0 Å². The molecule has 1 atom stereocenters. The fourth-order valence-corrected chi connectivity index (χ4v) is 3.84. The highest BCUT2D eigenvalue weighted by molar-refractivity contribution is 7.92. The lowest BCUT2D eigenvalue weighted by atomic mass is 10.1. The van der Waals surface area contributed by atoms with Gasteiger partial charge in [-0.2, -0.15) is 0 Å². The summed E-state index contributed by atoms with van der Waals surface area (Å²) >= 11 is 0. The number of benzene rings is 2. The van der Waals surface area contributed by atoms with E-state index in [9.17, 15) is 18.0 Å². The smallest absolute Gasteiger partial charge is 0.322 e. The fraction of sp³-hybridized carbons (Fsp3) is 0.176. The maximum Gasteiger partial charge on any atom is 0.322 e. The van der Waals surface area contributed by atoms with Crippen molar-refractivity contribution in [3.63, 3.8) is 0 Å². The molecule has 2 aromatic rings. The van der Waals surface area contributed by atoms with Crippen LogP contribution in [0.2, 0.25) is 0 Å². The van der Waals surface area contributed by atoms with Crippen molar-refractivity contribution in [3.8, 4) is 11.1 Å². The summed E-state index contributed by atoms with van der Waals surface area (Å²) < 4.78 is 24.9. The SMILES string of the molecule is O=C(O)CC[C@H](C(=O)O)S(=O)(=O)c1ccc(-c2ccccc2)cc1. The minimum Gasteiger partial charge on any atom is -0.481 e. The van der Waals surface area contributed by atoms with Gasteiger partial charge in [0.15, 0.2) is 15.1 Å². The van der Waals surface area contributed by atoms with Gasteiger partial charge in [0, 0.05) is 6.42 Å². The maximum atomic E-state index is 12.5. The van der Waals surface area contributed by atoms with Crippen LogP contribution >= 0.6 is 0 Å². The standard InChI is InChI=1S/C17H16O6S/c18-16(19)11-10-15(17(20)21)24(22,23)14-8-6-13(7-9-14)12-4-2-1-3-5-12/h1-9,15H,10-11H2,(H,18,19)(H,20,21)/t15-/m1/s1. The average molecular weight is 348 g/mol. The monoisotopic (exact) mass is 348 g/mol. The first-order chi connectivity index (χ1) is 11.3. The fourth-order valence-electron chi connectivity index (χ4n) is 2.30. The summed E-state index contributed by atoms with van der Waals surface area (Å²) in [4.78, 5) is 21.7. The van der Waals surface area contributed by atoms with Crippen molar-refractivity contribution in [2.75, 3.05) is 0 Å². The quantitative estimate of drug-likeness (QED) is 0.795. The lowest BCUT2D eigenvalue weighted by molar-refractivity contribution is -0.138. The molecule has 7 heteroatoms. The third-order valence-electron chi connectivity index (χ3n) is 3.56. The Kier molecular flexibility index (Phi) is 5.35. The summed E-state index contributed by atoms with van der Waals surface area (Å²) in [6.07, 6.45) is -1.01. The highest BCUT2D eigenvalue weighted by Crippen LogP contribution is 2.24. The highest BCUT2D eigenvalue weighted by Gasteiger charge is 2.34. The van der Waals surface area contributed by atoms with Crippen LogP contribution in [0.1, 0.15) is 12.8 Å². The van der Waals surface area contributed by atoms with Crippen molar-refractivity contribution in [1.82, 2.24) is 0 Å². The average Bonchev–Trinajstić information content (AvgIpc) is 2.55. The van der Waals surface area contributed by atoms with E-state index in [0.29, 0.717) is 0 Å². The zero-order valence-electron chi connectivity index (χ0n) is 12.6. The van der Waals surface area contributed by atoms with Gasteiger partial charge in [-0.05, 0) is 29.7 Å². The van der Waals surface area contributed by atoms with Gasteiger partial charge in [-0.1, -0.05) is 42.5 Å². The molecule has 0 aliphatic carbocycles. The van der Waals surface area contributed by atoms with Crippen LogP contribution in [0.15, 0.2) is 59.5 Å². The van der Waals surface area contributed by atoms with E-state index in [1.807, 2.05) is 30.3 Å². The minimum absolute atomic E-state index is 0.139. The largest absolute Gasteiger partial charge is 0.481 e. The molecule has 0 heterocycles. The molecule has 6 nitrogen and oxygen atoms in total. The number of hydrogen-bond acceptors (Lipinski definition) is 4. The summed E-state index contributed by atoms with van der Waals surface area (Å²) in [6.45, 7) is 0. The van der Waals surface area contributed by atoms with Crippen LogP contribution in [0.4, 0.5) is 0 Å². The van der Waals surface area contributed by atoms with Gasteiger partial charge in [-0.15, -0.1) is 0 Å². The molecule has 0 bridgehead atoms. The number of carboxylic acid groups (broad SMARTS) is 2. The molecule has 0 aliphatic heterocycles. The van der Waals surface area contributed by atoms with E-state index in [2.05, 4.69) is 0 Å². The second kappa shape index (κ2) is 7.27. The maximum absolute atomic E-state index is 12.5. The molecule has 0 unspecified atom stereocenters. The zero-order chi connectivity index (χ0) is 17.7. The van der Waals surface area contributed by atoms with Crippen LogP contribution in [0.3, 0.4) is 0 Å². The summed E-state index contributed by atoms with van der Waals surface area (Å²) in [6, 6.07) is 15.2. The molecule has 0 saturated carbocycles. The van der Waals surface area contributed by atoms with E-state index in [-0.39, 0.29) is 4.90 Å². The van der Waals surface area contributed by atoms with Crippen molar-refractivity contribution >= 4 is 21.8 Å². The molecule has 0 aliphatic rings. The molecule has 0 spiro atoms. The number of sulfone groups is 1. The molecule has 0 radical (unpaired) electrons. The summed E-state index contributed by atoms with van der Waals surface area (Å²) in [5.74, 6) is -2.79. The van der Waals surface area contributed by atoms with E-state index in [1.165, 1.54) is 12.1 Å². The molecule has 0 amide bonds. The highest BCUT2D eigenvalue weighted by atomic mass is 32.2. The van der Waals surface area contributed by atoms with E-state index in [1.54, 1.807) is 12.1 Å². The molecule has 2 aromatic carbocycles. The van der Waals surface area contributed by atoms with Crippen LogP contribution in [0, 0.1) is 0 Å². The summed E-state index contributed by atoms with van der Waals surface area (Å²) in [5.41, 5.74) is 1.70. The Labute approximate surface area is 139 Å². The van der Waals surface area contributed by atoms with E-state index in [0.717, 1.165) is 11.1 Å². The molecule has 126 valence electrons. The predicted molar refractivity (Wildman–Crippen MR) is 87.4 cm³/mol. The van der Waals surface area contributed by atoms with Gasteiger partial charge in [-0.25, -0.2) is 8.42 Å².